The standard InChI is InChI=1S/C17H22FN3O2/c1-13-8-19-21(9-13)12-15-11-20(5-6-23-15)10-14-3-4-17(22-2)16(18)7-14/h3-4,7-9,15H,5-6,10-12H2,1-2H3. The smallest absolute Gasteiger partial charge is 0.165 e. The second-order valence-corrected chi connectivity index (χ2v) is 5.94. The first-order chi connectivity index (χ1) is 11.1. The van der Waals surface area contributed by atoms with Crippen molar-refractivity contribution in [3.8, 4) is 5.75 Å². The van der Waals surface area contributed by atoms with Crippen molar-refractivity contribution in [1.29, 1.82) is 0 Å². The molecule has 0 amide bonds. The van der Waals surface area contributed by atoms with Crippen LogP contribution in [0, 0.1) is 12.7 Å². The zero-order valence-corrected chi connectivity index (χ0v) is 13.5. The molecule has 124 valence electrons. The van der Waals surface area contributed by atoms with Crippen LogP contribution in [-0.2, 0) is 17.8 Å². The third-order valence-electron chi connectivity index (χ3n) is 4.00. The number of morpholine rings is 1. The van der Waals surface area contributed by atoms with Crippen LogP contribution in [0.15, 0.2) is 30.6 Å². The molecule has 0 saturated carbocycles. The molecule has 5 nitrogen and oxygen atoms in total. The van der Waals surface area contributed by atoms with Gasteiger partial charge in [0, 0.05) is 25.8 Å². The lowest BCUT2D eigenvalue weighted by atomic mass is 10.1. The third-order valence-corrected chi connectivity index (χ3v) is 4.00. The molecule has 1 aliphatic rings. The summed E-state index contributed by atoms with van der Waals surface area (Å²) in [5.41, 5.74) is 2.09. The van der Waals surface area contributed by atoms with Crippen LogP contribution in [-0.4, -0.2) is 47.6 Å². The van der Waals surface area contributed by atoms with Gasteiger partial charge in [-0.05, 0) is 30.2 Å². The largest absolute Gasteiger partial charge is 0.494 e. The van der Waals surface area contributed by atoms with E-state index in [-0.39, 0.29) is 17.7 Å². The van der Waals surface area contributed by atoms with Crippen molar-refractivity contribution in [1.82, 2.24) is 14.7 Å². The van der Waals surface area contributed by atoms with Gasteiger partial charge in [0.25, 0.3) is 0 Å². The summed E-state index contributed by atoms with van der Waals surface area (Å²) in [5.74, 6) is -0.0375. The predicted molar refractivity (Wildman–Crippen MR) is 84.9 cm³/mol. The third kappa shape index (κ3) is 4.09. The van der Waals surface area contributed by atoms with Crippen LogP contribution >= 0.6 is 0 Å². The van der Waals surface area contributed by atoms with Gasteiger partial charge in [0.05, 0.1) is 32.6 Å². The zero-order valence-electron chi connectivity index (χ0n) is 13.5. The minimum absolute atomic E-state index is 0.103. The molecule has 6 heteroatoms. The van der Waals surface area contributed by atoms with E-state index < -0.39 is 0 Å². The molecule has 2 aromatic rings. The lowest BCUT2D eigenvalue weighted by Gasteiger charge is -2.33. The lowest BCUT2D eigenvalue weighted by molar-refractivity contribution is -0.0402. The molecule has 0 radical (unpaired) electrons. The first kappa shape index (κ1) is 16.0. The van der Waals surface area contributed by atoms with Gasteiger partial charge in [-0.3, -0.25) is 9.58 Å². The van der Waals surface area contributed by atoms with Gasteiger partial charge in [-0.2, -0.15) is 5.10 Å². The Balaban J connectivity index is 1.59. The normalized spacial score (nSPS) is 19.0. The second-order valence-electron chi connectivity index (χ2n) is 5.94. The van der Waals surface area contributed by atoms with Crippen molar-refractivity contribution in [2.75, 3.05) is 26.8 Å². The Morgan fingerprint density at radius 2 is 2.30 bits per heavy atom. The minimum Gasteiger partial charge on any atom is -0.494 e. The van der Waals surface area contributed by atoms with E-state index in [4.69, 9.17) is 9.47 Å². The highest BCUT2D eigenvalue weighted by atomic mass is 19.1. The van der Waals surface area contributed by atoms with Gasteiger partial charge >= 0.3 is 0 Å². The maximum Gasteiger partial charge on any atom is 0.165 e. The topological polar surface area (TPSA) is 39.5 Å². The van der Waals surface area contributed by atoms with E-state index in [2.05, 4.69) is 10.00 Å². The van der Waals surface area contributed by atoms with Crippen LogP contribution in [0.1, 0.15) is 11.1 Å². The number of aromatic nitrogens is 2. The summed E-state index contributed by atoms with van der Waals surface area (Å²) in [6.45, 7) is 5.81. The maximum absolute atomic E-state index is 13.8. The molecule has 0 spiro atoms. The Kier molecular flexibility index (Phi) is 4.93. The van der Waals surface area contributed by atoms with Crippen molar-refractivity contribution in [3.05, 3.63) is 47.5 Å². The molecule has 1 atom stereocenters. The molecule has 2 heterocycles. The van der Waals surface area contributed by atoms with E-state index in [1.807, 2.05) is 30.1 Å². The van der Waals surface area contributed by atoms with Crippen molar-refractivity contribution in [3.63, 3.8) is 0 Å². The first-order valence-corrected chi connectivity index (χ1v) is 7.79. The van der Waals surface area contributed by atoms with Crippen molar-refractivity contribution < 1.29 is 13.9 Å². The fourth-order valence-corrected chi connectivity index (χ4v) is 2.88. The number of aryl methyl sites for hydroxylation is 1. The summed E-state index contributed by atoms with van der Waals surface area (Å²) >= 11 is 0. The first-order valence-electron chi connectivity index (χ1n) is 7.79. The fraction of sp³-hybridized carbons (Fsp3) is 0.471. The number of hydrogen-bond acceptors (Lipinski definition) is 4. The molecular weight excluding hydrogens is 297 g/mol. The maximum atomic E-state index is 13.8. The van der Waals surface area contributed by atoms with Crippen molar-refractivity contribution >= 4 is 0 Å². The zero-order chi connectivity index (χ0) is 16.2. The van der Waals surface area contributed by atoms with Crippen LogP contribution in [0.2, 0.25) is 0 Å². The Morgan fingerprint density at radius 1 is 1.43 bits per heavy atom. The molecule has 1 saturated heterocycles. The number of nitrogens with zero attached hydrogens (tertiary/aromatic N) is 3. The number of benzene rings is 1. The number of rotatable bonds is 5. The molecule has 1 unspecified atom stereocenters. The Labute approximate surface area is 135 Å². The SMILES string of the molecule is COc1ccc(CN2CCOC(Cn3cc(C)cn3)C2)cc1F. The summed E-state index contributed by atoms with van der Waals surface area (Å²) in [6, 6.07) is 5.12. The molecule has 3 rings (SSSR count). The number of methoxy groups -OCH3 is 1. The van der Waals surface area contributed by atoms with E-state index >= 15 is 0 Å². The van der Waals surface area contributed by atoms with Gasteiger partial charge < -0.3 is 9.47 Å². The number of hydrogen-bond donors (Lipinski definition) is 0. The molecule has 1 fully saturated rings. The quantitative estimate of drug-likeness (QED) is 0.847. The second kappa shape index (κ2) is 7.10. The van der Waals surface area contributed by atoms with Gasteiger partial charge in [-0.1, -0.05) is 6.07 Å². The van der Waals surface area contributed by atoms with E-state index in [0.29, 0.717) is 13.2 Å². The predicted octanol–water partition coefficient (Wildman–Crippen LogP) is 2.24. The molecule has 1 aromatic carbocycles. The molecule has 0 bridgehead atoms. The average Bonchev–Trinajstić information content (AvgIpc) is 2.93. The number of ether oxygens (including phenoxy) is 2. The van der Waals surface area contributed by atoms with Crippen molar-refractivity contribution in [2.24, 2.45) is 0 Å². The van der Waals surface area contributed by atoms with Gasteiger partial charge in [0.2, 0.25) is 0 Å². The van der Waals surface area contributed by atoms with Crippen LogP contribution in [0.3, 0.4) is 0 Å². The Bertz CT molecular complexity index is 659. The van der Waals surface area contributed by atoms with Gasteiger partial charge in [-0.25, -0.2) is 4.39 Å². The summed E-state index contributed by atoms with van der Waals surface area (Å²) in [6.07, 6.45) is 3.97. The molecule has 0 N–H and O–H groups in total. The van der Waals surface area contributed by atoms with E-state index in [0.717, 1.165) is 30.8 Å². The molecule has 0 aliphatic carbocycles. The average molecular weight is 319 g/mol. The summed E-state index contributed by atoms with van der Waals surface area (Å²) in [4.78, 5) is 2.28. The summed E-state index contributed by atoms with van der Waals surface area (Å²) < 4.78 is 26.5. The van der Waals surface area contributed by atoms with Crippen LogP contribution in [0.4, 0.5) is 4.39 Å². The summed E-state index contributed by atoms with van der Waals surface area (Å²) in [7, 11) is 1.47. The number of halogens is 1. The van der Waals surface area contributed by atoms with Crippen LogP contribution < -0.4 is 4.74 Å². The van der Waals surface area contributed by atoms with Crippen molar-refractivity contribution in [2.45, 2.75) is 26.1 Å². The van der Waals surface area contributed by atoms with E-state index in [9.17, 15) is 4.39 Å². The molecule has 1 aliphatic heterocycles. The highest BCUT2D eigenvalue weighted by Gasteiger charge is 2.21. The van der Waals surface area contributed by atoms with E-state index in [1.54, 1.807) is 12.1 Å². The lowest BCUT2D eigenvalue weighted by Crippen LogP contribution is -2.43. The highest BCUT2D eigenvalue weighted by molar-refractivity contribution is 5.29. The van der Waals surface area contributed by atoms with Crippen LogP contribution in [0.25, 0.3) is 0 Å². The fourth-order valence-electron chi connectivity index (χ4n) is 2.88. The molecular formula is C17H22FN3O2. The van der Waals surface area contributed by atoms with E-state index in [1.165, 1.54) is 7.11 Å². The minimum atomic E-state index is -0.318. The Morgan fingerprint density at radius 3 is 3.00 bits per heavy atom. The molecule has 23 heavy (non-hydrogen) atoms. The monoisotopic (exact) mass is 319 g/mol. The molecule has 1 aromatic heterocycles. The van der Waals surface area contributed by atoms with Crippen LogP contribution in [0.5, 0.6) is 5.75 Å². The Hall–Kier alpha value is -1.92. The highest BCUT2D eigenvalue weighted by Crippen LogP contribution is 2.19. The van der Waals surface area contributed by atoms with Gasteiger partial charge in [0.1, 0.15) is 0 Å². The van der Waals surface area contributed by atoms with Gasteiger partial charge in [0.15, 0.2) is 11.6 Å². The summed E-state index contributed by atoms with van der Waals surface area (Å²) in [5, 5.41) is 4.30. The van der Waals surface area contributed by atoms with Gasteiger partial charge in [-0.15, -0.1) is 0 Å².